The van der Waals surface area contributed by atoms with Gasteiger partial charge < -0.3 is 24.4 Å². The Morgan fingerprint density at radius 2 is 1.63 bits per heavy atom. The molecule has 0 bridgehead atoms. The van der Waals surface area contributed by atoms with Crippen molar-refractivity contribution in [2.45, 2.75) is 50.3 Å². The van der Waals surface area contributed by atoms with E-state index in [0.29, 0.717) is 30.2 Å². The lowest BCUT2D eigenvalue weighted by Gasteiger charge is -2.36. The molecule has 0 aromatic heterocycles. The highest BCUT2D eigenvalue weighted by molar-refractivity contribution is 5.91. The highest BCUT2D eigenvalue weighted by atomic mass is 16.6. The molecule has 7 heteroatoms. The summed E-state index contributed by atoms with van der Waals surface area (Å²) in [7, 11) is 1.60. The third-order valence-corrected chi connectivity index (χ3v) is 7.24. The van der Waals surface area contributed by atoms with Crippen molar-refractivity contribution in [3.8, 4) is 17.2 Å². The van der Waals surface area contributed by atoms with Gasteiger partial charge in [0.1, 0.15) is 18.4 Å². The number of nitrogens with zero attached hydrogens (tertiary/aromatic N) is 1. The first-order chi connectivity index (χ1) is 18.6. The molecule has 1 N–H and O–H groups in total. The van der Waals surface area contributed by atoms with E-state index in [1.165, 1.54) is 0 Å². The smallest absolute Gasteiger partial charge is 0.268 e. The van der Waals surface area contributed by atoms with E-state index in [-0.39, 0.29) is 24.5 Å². The molecule has 5 rings (SSSR count). The van der Waals surface area contributed by atoms with Crippen LogP contribution in [-0.2, 0) is 16.0 Å². The lowest BCUT2D eigenvalue weighted by Crippen LogP contribution is -2.52. The Hall–Kier alpha value is -4.00. The minimum Gasteiger partial charge on any atom is -0.497 e. The van der Waals surface area contributed by atoms with Crippen molar-refractivity contribution in [1.82, 2.24) is 10.2 Å². The summed E-state index contributed by atoms with van der Waals surface area (Å²) < 4.78 is 17.3. The van der Waals surface area contributed by atoms with Gasteiger partial charge in [-0.3, -0.25) is 9.59 Å². The van der Waals surface area contributed by atoms with E-state index in [1.807, 2.05) is 72.8 Å². The predicted octanol–water partition coefficient (Wildman–Crippen LogP) is 4.71. The van der Waals surface area contributed by atoms with Crippen molar-refractivity contribution >= 4 is 11.8 Å². The lowest BCUT2D eigenvalue weighted by molar-refractivity contribution is -0.148. The molecular formula is C31H34N2O5. The number of rotatable bonds is 9. The molecule has 38 heavy (non-hydrogen) atoms. The zero-order chi connectivity index (χ0) is 26.3. The van der Waals surface area contributed by atoms with Crippen molar-refractivity contribution in [2.24, 2.45) is 0 Å². The molecule has 1 aliphatic heterocycles. The number of para-hydroxylation sites is 2. The highest BCUT2D eigenvalue weighted by Crippen LogP contribution is 2.33. The fraction of sp³-hybridized carbons (Fsp3) is 0.355. The topological polar surface area (TPSA) is 77.1 Å². The van der Waals surface area contributed by atoms with Gasteiger partial charge in [-0.1, -0.05) is 67.4 Å². The second-order valence-corrected chi connectivity index (χ2v) is 9.80. The van der Waals surface area contributed by atoms with Crippen LogP contribution in [0.15, 0.2) is 78.9 Å². The van der Waals surface area contributed by atoms with Gasteiger partial charge in [0.15, 0.2) is 11.5 Å². The number of hydrogen-bond acceptors (Lipinski definition) is 5. The first-order valence-corrected chi connectivity index (χ1v) is 13.3. The van der Waals surface area contributed by atoms with Gasteiger partial charge in [0.05, 0.1) is 7.11 Å². The molecule has 0 spiro atoms. The number of nitrogens with one attached hydrogen (secondary N) is 1. The summed E-state index contributed by atoms with van der Waals surface area (Å²) in [4.78, 5) is 29.7. The average molecular weight is 515 g/mol. The number of benzene rings is 3. The Bertz CT molecular complexity index is 1220. The highest BCUT2D eigenvalue weighted by Gasteiger charge is 2.38. The zero-order valence-corrected chi connectivity index (χ0v) is 21.7. The second-order valence-electron chi connectivity index (χ2n) is 9.80. The Kier molecular flexibility index (Phi) is 8.12. The van der Waals surface area contributed by atoms with Crippen molar-refractivity contribution in [2.75, 3.05) is 20.3 Å². The van der Waals surface area contributed by atoms with Crippen LogP contribution in [0.2, 0.25) is 0 Å². The Morgan fingerprint density at radius 3 is 2.34 bits per heavy atom. The lowest BCUT2D eigenvalue weighted by atomic mass is 10.0. The molecule has 3 aromatic carbocycles. The fourth-order valence-corrected chi connectivity index (χ4v) is 5.20. The second kappa shape index (κ2) is 12.0. The molecule has 1 aliphatic carbocycles. The first kappa shape index (κ1) is 25.6. The minimum atomic E-state index is -0.860. The Morgan fingerprint density at radius 1 is 0.947 bits per heavy atom. The monoisotopic (exact) mass is 514 g/mol. The van der Waals surface area contributed by atoms with Gasteiger partial charge in [0.2, 0.25) is 12.0 Å². The maximum atomic E-state index is 14.1. The van der Waals surface area contributed by atoms with Crippen LogP contribution in [0.5, 0.6) is 17.2 Å². The van der Waals surface area contributed by atoms with Crippen LogP contribution in [0.25, 0.3) is 0 Å². The molecule has 3 aromatic rings. The van der Waals surface area contributed by atoms with E-state index in [2.05, 4.69) is 5.32 Å². The number of fused-ring (bicyclic) bond motifs is 1. The summed E-state index contributed by atoms with van der Waals surface area (Å²) in [6.45, 7) is 0.427. The molecule has 2 aliphatic rings. The van der Waals surface area contributed by atoms with E-state index in [1.54, 1.807) is 18.1 Å². The van der Waals surface area contributed by atoms with Gasteiger partial charge in [-0.2, -0.15) is 0 Å². The molecule has 1 heterocycles. The van der Waals surface area contributed by atoms with Crippen LogP contribution >= 0.6 is 0 Å². The van der Waals surface area contributed by atoms with Crippen LogP contribution < -0.4 is 19.5 Å². The molecule has 1 fully saturated rings. The first-order valence-electron chi connectivity index (χ1n) is 13.3. The molecule has 7 nitrogen and oxygen atoms in total. The molecule has 0 radical (unpaired) electrons. The zero-order valence-electron chi connectivity index (χ0n) is 21.7. The van der Waals surface area contributed by atoms with E-state index < -0.39 is 12.1 Å². The van der Waals surface area contributed by atoms with Gasteiger partial charge in [0, 0.05) is 12.6 Å². The molecule has 2 amide bonds. The molecule has 198 valence electrons. The van der Waals surface area contributed by atoms with Crippen LogP contribution in [-0.4, -0.2) is 49.1 Å². The number of methoxy groups -OCH3 is 1. The number of carbonyl (C=O) groups is 2. The summed E-state index contributed by atoms with van der Waals surface area (Å²) in [5.74, 6) is 1.36. The number of carbonyl (C=O) groups excluding carboxylic acids is 2. The van der Waals surface area contributed by atoms with Crippen molar-refractivity contribution in [1.29, 1.82) is 0 Å². The van der Waals surface area contributed by atoms with Crippen LogP contribution in [0.4, 0.5) is 0 Å². The molecular weight excluding hydrogens is 480 g/mol. The van der Waals surface area contributed by atoms with Crippen LogP contribution in [0.3, 0.4) is 0 Å². The molecule has 2 unspecified atom stereocenters. The third-order valence-electron chi connectivity index (χ3n) is 7.24. The normalized spacial score (nSPS) is 17.4. The van der Waals surface area contributed by atoms with Crippen molar-refractivity contribution < 1.29 is 23.8 Å². The summed E-state index contributed by atoms with van der Waals surface area (Å²) in [6.07, 6.45) is 3.84. The van der Waals surface area contributed by atoms with Gasteiger partial charge in [-0.15, -0.1) is 0 Å². The van der Waals surface area contributed by atoms with E-state index in [0.717, 1.165) is 36.8 Å². The summed E-state index contributed by atoms with van der Waals surface area (Å²) in [5, 5.41) is 3.22. The molecule has 0 saturated heterocycles. The van der Waals surface area contributed by atoms with Crippen molar-refractivity contribution in [3.63, 3.8) is 0 Å². The van der Waals surface area contributed by atoms with Crippen LogP contribution in [0, 0.1) is 0 Å². The summed E-state index contributed by atoms with van der Waals surface area (Å²) in [6, 6.07) is 23.9. The van der Waals surface area contributed by atoms with Crippen LogP contribution in [0.1, 0.15) is 42.9 Å². The van der Waals surface area contributed by atoms with Gasteiger partial charge in [-0.05, 0) is 54.7 Å². The van der Waals surface area contributed by atoms with Gasteiger partial charge in [0.25, 0.3) is 5.91 Å². The summed E-state index contributed by atoms with van der Waals surface area (Å²) in [5.41, 5.74) is 1.81. The van der Waals surface area contributed by atoms with E-state index in [9.17, 15) is 9.59 Å². The van der Waals surface area contributed by atoms with E-state index >= 15 is 0 Å². The maximum Gasteiger partial charge on any atom is 0.268 e. The minimum absolute atomic E-state index is 0.0806. The van der Waals surface area contributed by atoms with E-state index in [4.69, 9.17) is 14.2 Å². The SMILES string of the molecule is COc1ccc(C(C(=O)NC2CCCC2)N(CCc2ccccc2)C(=O)C2COc3ccccc3O2)cc1. The Labute approximate surface area is 223 Å². The largest absolute Gasteiger partial charge is 0.497 e. The van der Waals surface area contributed by atoms with Crippen molar-refractivity contribution in [3.05, 3.63) is 90.0 Å². The number of amides is 2. The fourth-order valence-electron chi connectivity index (χ4n) is 5.20. The molecule has 2 atom stereocenters. The average Bonchev–Trinajstić information content (AvgIpc) is 3.48. The maximum absolute atomic E-state index is 14.1. The number of ether oxygens (including phenoxy) is 3. The third kappa shape index (κ3) is 5.93. The number of hydrogen-bond donors (Lipinski definition) is 1. The predicted molar refractivity (Wildman–Crippen MR) is 144 cm³/mol. The van der Waals surface area contributed by atoms with Gasteiger partial charge in [-0.25, -0.2) is 0 Å². The standard InChI is InChI=1S/C31H34N2O5/c1-36-25-17-15-23(16-18-25)29(30(34)32-24-11-5-6-12-24)33(20-19-22-9-3-2-4-10-22)31(35)28-21-37-26-13-7-8-14-27(26)38-28/h2-4,7-10,13-18,24,28-29H,5-6,11-12,19-21H2,1H3,(H,32,34). The Balaban J connectivity index is 1.47. The molecule has 1 saturated carbocycles. The summed E-state index contributed by atoms with van der Waals surface area (Å²) >= 11 is 0. The van der Waals surface area contributed by atoms with Gasteiger partial charge >= 0.3 is 0 Å². The quantitative estimate of drug-likeness (QED) is 0.448.